The minimum atomic E-state index is -0.871. The third-order valence-electron chi connectivity index (χ3n) is 6.79. The molecule has 0 bridgehead atoms. The lowest BCUT2D eigenvalue weighted by Gasteiger charge is -2.19. The third kappa shape index (κ3) is 5.95. The van der Waals surface area contributed by atoms with Gasteiger partial charge >= 0.3 is 12.1 Å². The Morgan fingerprint density at radius 1 is 1.03 bits per heavy atom. The van der Waals surface area contributed by atoms with E-state index in [2.05, 4.69) is 34.9 Å². The molecule has 4 rings (SSSR count). The second-order valence-corrected chi connectivity index (χ2v) is 9.41. The molecular formula is C27H32N2O5. The van der Waals surface area contributed by atoms with Gasteiger partial charge in [-0.05, 0) is 60.3 Å². The summed E-state index contributed by atoms with van der Waals surface area (Å²) in [5, 5.41) is 14.5. The summed E-state index contributed by atoms with van der Waals surface area (Å²) in [4.78, 5) is 35.6. The van der Waals surface area contributed by atoms with Crippen LogP contribution in [-0.4, -0.2) is 42.3 Å². The summed E-state index contributed by atoms with van der Waals surface area (Å²) in [6, 6.07) is 16.2. The highest BCUT2D eigenvalue weighted by Crippen LogP contribution is 2.44. The zero-order valence-electron chi connectivity index (χ0n) is 19.5. The molecule has 0 saturated heterocycles. The number of carboxylic acids is 1. The van der Waals surface area contributed by atoms with Gasteiger partial charge in [0.1, 0.15) is 6.61 Å². The number of carboxylic acid groups (broad SMARTS) is 1. The largest absolute Gasteiger partial charge is 0.481 e. The van der Waals surface area contributed by atoms with E-state index in [4.69, 9.17) is 9.84 Å². The normalized spacial score (nSPS) is 16.1. The highest BCUT2D eigenvalue weighted by Gasteiger charge is 2.33. The molecule has 0 radical (unpaired) electrons. The number of benzene rings is 2. The summed E-state index contributed by atoms with van der Waals surface area (Å²) in [5.41, 5.74) is 4.70. The first kappa shape index (κ1) is 23.8. The van der Waals surface area contributed by atoms with Crippen molar-refractivity contribution in [2.45, 2.75) is 51.0 Å². The maximum absolute atomic E-state index is 12.5. The first-order valence-corrected chi connectivity index (χ1v) is 12.0. The molecule has 0 spiro atoms. The molecule has 0 heterocycles. The molecule has 3 N–H and O–H groups in total. The Morgan fingerprint density at radius 2 is 1.65 bits per heavy atom. The number of carbonyl (C=O) groups excluding carboxylic acids is 2. The van der Waals surface area contributed by atoms with Gasteiger partial charge in [-0.2, -0.15) is 0 Å². The number of fused-ring (bicyclic) bond motifs is 3. The SMILES string of the molecule is CC(CCC(=O)O)NC(=O)CC(CNC(=O)OCC1c2ccccc2-c2ccccc21)C1CC1. The Morgan fingerprint density at radius 3 is 2.24 bits per heavy atom. The Bertz CT molecular complexity index is 1000. The van der Waals surface area contributed by atoms with E-state index in [1.54, 1.807) is 0 Å². The zero-order chi connectivity index (χ0) is 24.1. The van der Waals surface area contributed by atoms with Gasteiger partial charge in [0.15, 0.2) is 0 Å². The van der Waals surface area contributed by atoms with E-state index < -0.39 is 12.1 Å². The molecule has 2 amide bonds. The number of alkyl carbamates (subject to hydrolysis) is 1. The van der Waals surface area contributed by atoms with Crippen molar-refractivity contribution in [3.63, 3.8) is 0 Å². The van der Waals surface area contributed by atoms with Crippen LogP contribution in [0.2, 0.25) is 0 Å². The van der Waals surface area contributed by atoms with Crippen LogP contribution in [0.1, 0.15) is 56.1 Å². The van der Waals surface area contributed by atoms with Crippen LogP contribution in [0.5, 0.6) is 0 Å². The van der Waals surface area contributed by atoms with Crippen LogP contribution in [-0.2, 0) is 14.3 Å². The smallest absolute Gasteiger partial charge is 0.407 e. The summed E-state index contributed by atoms with van der Waals surface area (Å²) in [5.74, 6) is -0.495. The van der Waals surface area contributed by atoms with E-state index in [9.17, 15) is 14.4 Å². The Hall–Kier alpha value is -3.35. The van der Waals surface area contributed by atoms with Crippen LogP contribution < -0.4 is 10.6 Å². The average molecular weight is 465 g/mol. The number of carbonyl (C=O) groups is 3. The van der Waals surface area contributed by atoms with Crippen LogP contribution in [0.4, 0.5) is 4.79 Å². The topological polar surface area (TPSA) is 105 Å². The van der Waals surface area contributed by atoms with Gasteiger partial charge in [-0.25, -0.2) is 4.79 Å². The molecule has 34 heavy (non-hydrogen) atoms. The number of hydrogen-bond donors (Lipinski definition) is 3. The molecular weight excluding hydrogens is 432 g/mol. The van der Waals surface area contributed by atoms with Crippen LogP contribution >= 0.6 is 0 Å². The second kappa shape index (κ2) is 10.7. The maximum atomic E-state index is 12.5. The first-order chi connectivity index (χ1) is 16.4. The van der Waals surface area contributed by atoms with Crippen LogP contribution in [0, 0.1) is 11.8 Å². The van der Waals surface area contributed by atoms with E-state index in [1.165, 1.54) is 22.3 Å². The molecule has 2 aliphatic carbocycles. The lowest BCUT2D eigenvalue weighted by molar-refractivity contribution is -0.137. The summed E-state index contributed by atoms with van der Waals surface area (Å²) in [6.07, 6.45) is 2.37. The molecule has 2 aliphatic rings. The molecule has 7 nitrogen and oxygen atoms in total. The molecule has 2 unspecified atom stereocenters. The van der Waals surface area contributed by atoms with Crippen LogP contribution in [0.25, 0.3) is 11.1 Å². The maximum Gasteiger partial charge on any atom is 0.407 e. The van der Waals surface area contributed by atoms with Gasteiger partial charge in [-0.3, -0.25) is 9.59 Å². The van der Waals surface area contributed by atoms with E-state index in [-0.39, 0.29) is 36.8 Å². The quantitative estimate of drug-likeness (QED) is 0.460. The molecule has 2 aromatic carbocycles. The van der Waals surface area contributed by atoms with Crippen molar-refractivity contribution in [1.82, 2.24) is 10.6 Å². The summed E-state index contributed by atoms with van der Waals surface area (Å²) >= 11 is 0. The van der Waals surface area contributed by atoms with Gasteiger partial charge < -0.3 is 20.5 Å². The van der Waals surface area contributed by atoms with Gasteiger partial charge in [0.2, 0.25) is 5.91 Å². The van der Waals surface area contributed by atoms with Crippen molar-refractivity contribution in [2.24, 2.45) is 11.8 Å². The highest BCUT2D eigenvalue weighted by atomic mass is 16.5. The number of nitrogens with one attached hydrogen (secondary N) is 2. The fraction of sp³-hybridized carbons (Fsp3) is 0.444. The van der Waals surface area contributed by atoms with E-state index in [0.29, 0.717) is 25.3 Å². The van der Waals surface area contributed by atoms with Gasteiger partial charge in [-0.15, -0.1) is 0 Å². The fourth-order valence-corrected chi connectivity index (χ4v) is 4.82. The molecule has 0 aromatic heterocycles. The Kier molecular flexibility index (Phi) is 7.50. The average Bonchev–Trinajstić information content (AvgIpc) is 3.62. The lowest BCUT2D eigenvalue weighted by atomic mass is 9.98. The highest BCUT2D eigenvalue weighted by molar-refractivity contribution is 5.79. The Labute approximate surface area is 199 Å². The summed E-state index contributed by atoms with van der Waals surface area (Å²) in [7, 11) is 0. The van der Waals surface area contributed by atoms with Gasteiger partial charge in [0.05, 0.1) is 0 Å². The van der Waals surface area contributed by atoms with Crippen molar-refractivity contribution < 1.29 is 24.2 Å². The van der Waals surface area contributed by atoms with Gasteiger partial charge in [0, 0.05) is 31.3 Å². The number of hydrogen-bond acceptors (Lipinski definition) is 4. The molecule has 7 heteroatoms. The van der Waals surface area contributed by atoms with Crippen molar-refractivity contribution >= 4 is 18.0 Å². The van der Waals surface area contributed by atoms with E-state index >= 15 is 0 Å². The van der Waals surface area contributed by atoms with E-state index in [1.807, 2.05) is 31.2 Å². The fourth-order valence-electron chi connectivity index (χ4n) is 4.82. The van der Waals surface area contributed by atoms with E-state index in [0.717, 1.165) is 12.8 Å². The minimum absolute atomic E-state index is 0.00967. The molecule has 0 aliphatic heterocycles. The predicted octanol–water partition coefficient (Wildman–Crippen LogP) is 4.31. The Balaban J connectivity index is 1.26. The first-order valence-electron chi connectivity index (χ1n) is 12.0. The van der Waals surface area contributed by atoms with Crippen molar-refractivity contribution in [1.29, 1.82) is 0 Å². The van der Waals surface area contributed by atoms with Crippen LogP contribution in [0.3, 0.4) is 0 Å². The van der Waals surface area contributed by atoms with Crippen molar-refractivity contribution in [2.75, 3.05) is 13.2 Å². The number of ether oxygens (including phenoxy) is 1. The lowest BCUT2D eigenvalue weighted by Crippen LogP contribution is -2.37. The third-order valence-corrected chi connectivity index (χ3v) is 6.79. The number of aliphatic carboxylic acids is 1. The second-order valence-electron chi connectivity index (χ2n) is 9.41. The molecule has 1 saturated carbocycles. The standard InChI is InChI=1S/C27H32N2O5/c1-17(10-13-26(31)32)29-25(30)14-19(18-11-12-18)15-28-27(33)34-16-24-22-8-4-2-6-20(22)21-7-3-5-9-23(21)24/h2-9,17-19,24H,10-16H2,1H3,(H,28,33)(H,29,30)(H,31,32). The summed E-state index contributed by atoms with van der Waals surface area (Å²) in [6.45, 7) is 2.45. The number of amides is 2. The minimum Gasteiger partial charge on any atom is -0.481 e. The number of rotatable bonds is 11. The van der Waals surface area contributed by atoms with Crippen LogP contribution in [0.15, 0.2) is 48.5 Å². The monoisotopic (exact) mass is 464 g/mol. The molecule has 2 aromatic rings. The van der Waals surface area contributed by atoms with Gasteiger partial charge in [0.25, 0.3) is 0 Å². The predicted molar refractivity (Wildman–Crippen MR) is 128 cm³/mol. The zero-order valence-corrected chi connectivity index (χ0v) is 19.5. The van der Waals surface area contributed by atoms with Crippen molar-refractivity contribution in [3.05, 3.63) is 59.7 Å². The molecule has 1 fully saturated rings. The molecule has 180 valence electrons. The molecule has 2 atom stereocenters. The van der Waals surface area contributed by atoms with Gasteiger partial charge in [-0.1, -0.05) is 48.5 Å². The van der Waals surface area contributed by atoms with Crippen molar-refractivity contribution in [3.8, 4) is 11.1 Å². The summed E-state index contributed by atoms with van der Waals surface area (Å²) < 4.78 is 5.61.